The molecule has 0 spiro atoms. The molecule has 4 aromatic heterocycles. The minimum absolute atomic E-state index is 0.579. The molecule has 0 aliphatic rings. The molecule has 4 nitrogen and oxygen atoms in total. The van der Waals surface area contributed by atoms with Crippen LogP contribution in [0.3, 0.4) is 0 Å². The summed E-state index contributed by atoms with van der Waals surface area (Å²) in [6.45, 7) is 0. The molecule has 0 amide bonds. The first kappa shape index (κ1) is 24.6. The van der Waals surface area contributed by atoms with Crippen molar-refractivity contribution in [2.75, 3.05) is 0 Å². The molecule has 0 fully saturated rings. The normalized spacial score (nSPS) is 12.0. The summed E-state index contributed by atoms with van der Waals surface area (Å²) in [5.74, 6) is 0.595. The van der Waals surface area contributed by atoms with Gasteiger partial charge in [-0.1, -0.05) is 115 Å². The number of hydrogen-bond donors (Lipinski definition) is 0. The monoisotopic (exact) mass is 593 g/mol. The second kappa shape index (κ2) is 9.36. The van der Waals surface area contributed by atoms with Gasteiger partial charge in [-0.3, -0.25) is 4.57 Å². The highest BCUT2D eigenvalue weighted by Gasteiger charge is 2.23. The zero-order valence-corrected chi connectivity index (χ0v) is 24.8. The first-order valence-electron chi connectivity index (χ1n) is 15.0. The van der Waals surface area contributed by atoms with Gasteiger partial charge in [0.05, 0.1) is 26.8 Å². The third-order valence-electron chi connectivity index (χ3n) is 8.85. The molecule has 0 saturated carbocycles. The van der Waals surface area contributed by atoms with Gasteiger partial charge in [0.2, 0.25) is 11.7 Å². The largest absolute Gasteiger partial charge is 0.437 e. The van der Waals surface area contributed by atoms with E-state index in [0.29, 0.717) is 11.7 Å². The van der Waals surface area contributed by atoms with Gasteiger partial charge in [0.25, 0.3) is 0 Å². The topological polar surface area (TPSA) is 43.9 Å². The molecule has 10 rings (SSSR count). The SMILES string of the molecule is c1ccc(-c2cccc(-c3nc(-n4c5ccccc5c5ccc6c7ccccc7sc6c54)nc4oc5ccccc5c34)c2)cc1. The van der Waals surface area contributed by atoms with Crippen LogP contribution < -0.4 is 0 Å². The summed E-state index contributed by atoms with van der Waals surface area (Å²) >= 11 is 1.82. The molecule has 4 heterocycles. The molecule has 210 valence electrons. The van der Waals surface area contributed by atoms with E-state index in [4.69, 9.17) is 14.4 Å². The quantitative estimate of drug-likeness (QED) is 0.205. The minimum Gasteiger partial charge on any atom is -0.437 e. The van der Waals surface area contributed by atoms with Crippen LogP contribution in [0.15, 0.2) is 144 Å². The van der Waals surface area contributed by atoms with Crippen molar-refractivity contribution in [3.63, 3.8) is 0 Å². The molecule has 0 aliphatic heterocycles. The molecule has 10 aromatic rings. The van der Waals surface area contributed by atoms with Crippen LogP contribution in [-0.4, -0.2) is 14.5 Å². The first-order valence-corrected chi connectivity index (χ1v) is 15.8. The summed E-state index contributed by atoms with van der Waals surface area (Å²) in [6, 6.07) is 48.9. The standard InChI is InChI=1S/C40H23N3OS/c1-2-11-24(12-3-1)25-13-10-14-26(23-25)36-35-31-17-5-8-19-33(31)44-39(35)42-40(41-36)43-32-18-7-4-15-27(32)29-21-22-30-28-16-6-9-20-34(28)45-38(30)37(29)43/h1-23H. The summed E-state index contributed by atoms with van der Waals surface area (Å²) < 4.78 is 11.2. The minimum atomic E-state index is 0.579. The fourth-order valence-corrected chi connectivity index (χ4v) is 8.08. The van der Waals surface area contributed by atoms with E-state index in [-0.39, 0.29) is 0 Å². The Morgan fingerprint density at radius 2 is 1.24 bits per heavy atom. The Morgan fingerprint density at radius 1 is 0.533 bits per heavy atom. The molecule has 0 saturated heterocycles. The van der Waals surface area contributed by atoms with Crippen LogP contribution in [0, 0.1) is 0 Å². The van der Waals surface area contributed by atoms with E-state index in [9.17, 15) is 0 Å². The Kier molecular flexibility index (Phi) is 5.12. The van der Waals surface area contributed by atoms with Gasteiger partial charge >= 0.3 is 0 Å². The lowest BCUT2D eigenvalue weighted by atomic mass is 10.00. The molecule has 6 aromatic carbocycles. The summed E-state index contributed by atoms with van der Waals surface area (Å²) in [5, 5.41) is 6.80. The lowest BCUT2D eigenvalue weighted by Gasteiger charge is -2.11. The molecule has 0 N–H and O–H groups in total. The number of fused-ring (bicyclic) bond motifs is 10. The Morgan fingerprint density at radius 3 is 2.16 bits per heavy atom. The maximum Gasteiger partial charge on any atom is 0.238 e. The molecule has 0 bridgehead atoms. The number of furan rings is 1. The number of benzene rings is 6. The fraction of sp³-hybridized carbons (Fsp3) is 0. The Labute approximate surface area is 261 Å². The van der Waals surface area contributed by atoms with Crippen LogP contribution >= 0.6 is 11.3 Å². The van der Waals surface area contributed by atoms with E-state index in [2.05, 4.69) is 120 Å². The van der Waals surface area contributed by atoms with Crippen molar-refractivity contribution in [1.29, 1.82) is 0 Å². The van der Waals surface area contributed by atoms with Crippen molar-refractivity contribution >= 4 is 75.4 Å². The maximum atomic E-state index is 6.47. The van der Waals surface area contributed by atoms with Crippen LogP contribution in [0.4, 0.5) is 0 Å². The van der Waals surface area contributed by atoms with Crippen molar-refractivity contribution in [3.05, 3.63) is 140 Å². The van der Waals surface area contributed by atoms with Gasteiger partial charge in [-0.05, 0) is 35.4 Å². The predicted octanol–water partition coefficient (Wildman–Crippen LogP) is 11.2. The van der Waals surface area contributed by atoms with Gasteiger partial charge < -0.3 is 4.42 Å². The van der Waals surface area contributed by atoms with Crippen LogP contribution in [0.5, 0.6) is 0 Å². The average Bonchev–Trinajstić information content (AvgIpc) is 3.78. The molecule has 0 atom stereocenters. The highest BCUT2D eigenvalue weighted by molar-refractivity contribution is 7.26. The van der Waals surface area contributed by atoms with Crippen molar-refractivity contribution in [3.8, 4) is 28.3 Å². The lowest BCUT2D eigenvalue weighted by molar-refractivity contribution is 0.651. The molecule has 0 unspecified atom stereocenters. The Hall–Kier alpha value is -5.78. The second-order valence-corrected chi connectivity index (χ2v) is 12.4. The van der Waals surface area contributed by atoms with E-state index >= 15 is 0 Å². The van der Waals surface area contributed by atoms with Gasteiger partial charge in [-0.15, -0.1) is 11.3 Å². The summed E-state index contributed by atoms with van der Waals surface area (Å²) in [4.78, 5) is 10.6. The van der Waals surface area contributed by atoms with E-state index in [1.54, 1.807) is 0 Å². The smallest absolute Gasteiger partial charge is 0.238 e. The van der Waals surface area contributed by atoms with Crippen LogP contribution in [0.2, 0.25) is 0 Å². The highest BCUT2D eigenvalue weighted by Crippen LogP contribution is 2.43. The van der Waals surface area contributed by atoms with E-state index in [0.717, 1.165) is 49.8 Å². The van der Waals surface area contributed by atoms with Crippen molar-refractivity contribution < 1.29 is 4.42 Å². The summed E-state index contributed by atoms with van der Waals surface area (Å²) in [7, 11) is 0. The summed E-state index contributed by atoms with van der Waals surface area (Å²) in [6.07, 6.45) is 0. The number of thiophene rings is 1. The first-order chi connectivity index (χ1) is 22.3. The van der Waals surface area contributed by atoms with E-state index in [1.807, 2.05) is 35.6 Å². The van der Waals surface area contributed by atoms with Gasteiger partial charge in [-0.25, -0.2) is 4.98 Å². The third kappa shape index (κ3) is 3.59. The molecular weight excluding hydrogens is 571 g/mol. The van der Waals surface area contributed by atoms with Gasteiger partial charge in [-0.2, -0.15) is 4.98 Å². The van der Waals surface area contributed by atoms with Gasteiger partial charge in [0.15, 0.2) is 0 Å². The predicted molar refractivity (Wildman–Crippen MR) is 187 cm³/mol. The number of para-hydroxylation sites is 2. The van der Waals surface area contributed by atoms with E-state index in [1.165, 1.54) is 30.9 Å². The van der Waals surface area contributed by atoms with Crippen molar-refractivity contribution in [2.24, 2.45) is 0 Å². The van der Waals surface area contributed by atoms with Crippen molar-refractivity contribution in [2.45, 2.75) is 0 Å². The van der Waals surface area contributed by atoms with Gasteiger partial charge in [0, 0.05) is 37.2 Å². The molecule has 0 radical (unpaired) electrons. The number of hydrogen-bond acceptors (Lipinski definition) is 4. The number of nitrogens with zero attached hydrogens (tertiary/aromatic N) is 3. The van der Waals surface area contributed by atoms with Crippen LogP contribution in [-0.2, 0) is 0 Å². The molecule has 45 heavy (non-hydrogen) atoms. The van der Waals surface area contributed by atoms with Gasteiger partial charge in [0.1, 0.15) is 5.58 Å². The average molecular weight is 594 g/mol. The highest BCUT2D eigenvalue weighted by atomic mass is 32.1. The Balaban J connectivity index is 1.34. The van der Waals surface area contributed by atoms with Crippen LogP contribution in [0.25, 0.3) is 92.4 Å². The molecule has 0 aliphatic carbocycles. The van der Waals surface area contributed by atoms with Crippen molar-refractivity contribution in [1.82, 2.24) is 14.5 Å². The number of rotatable bonds is 3. The summed E-state index contributed by atoms with van der Waals surface area (Å²) in [5.41, 5.74) is 7.74. The molecular formula is C40H23N3OS. The van der Waals surface area contributed by atoms with Crippen LogP contribution in [0.1, 0.15) is 0 Å². The maximum absolute atomic E-state index is 6.47. The Bertz CT molecular complexity index is 2770. The number of aromatic nitrogens is 3. The molecule has 5 heteroatoms. The lowest BCUT2D eigenvalue weighted by Crippen LogP contribution is -2.03. The fourth-order valence-electron chi connectivity index (χ4n) is 6.84. The third-order valence-corrected chi connectivity index (χ3v) is 10.0. The second-order valence-electron chi connectivity index (χ2n) is 11.4. The zero-order valence-electron chi connectivity index (χ0n) is 23.9. The zero-order chi connectivity index (χ0) is 29.5. The van der Waals surface area contributed by atoms with E-state index < -0.39 is 0 Å².